The van der Waals surface area contributed by atoms with Gasteiger partial charge in [-0.2, -0.15) is 0 Å². The molecule has 0 atom stereocenters. The van der Waals surface area contributed by atoms with E-state index in [9.17, 15) is 14.3 Å². The number of benzene rings is 5. The molecule has 5 aromatic rings. The lowest BCUT2D eigenvalue weighted by molar-refractivity contribution is 0.0951. The molecule has 1 amide bonds. The zero-order valence-corrected chi connectivity index (χ0v) is 23.6. The number of hydrogen-bond acceptors (Lipinski definition) is 4. The Labute approximate surface area is 250 Å². The van der Waals surface area contributed by atoms with E-state index < -0.39 is 5.91 Å². The van der Waals surface area contributed by atoms with Crippen molar-refractivity contribution in [3.05, 3.63) is 161 Å². The van der Waals surface area contributed by atoms with E-state index in [1.54, 1.807) is 24.3 Å². The van der Waals surface area contributed by atoms with Gasteiger partial charge < -0.3 is 19.9 Å². The molecule has 0 heterocycles. The van der Waals surface area contributed by atoms with Crippen molar-refractivity contribution >= 4 is 18.1 Å². The topological polar surface area (TPSA) is 67.8 Å². The smallest absolute Gasteiger partial charge is 0.255 e. The molecule has 0 fully saturated rings. The molecule has 0 bridgehead atoms. The third kappa shape index (κ3) is 8.57. The Balaban J connectivity index is 1.30. The van der Waals surface area contributed by atoms with Crippen molar-refractivity contribution in [2.75, 3.05) is 6.54 Å². The summed E-state index contributed by atoms with van der Waals surface area (Å²) < 4.78 is 25.4. The van der Waals surface area contributed by atoms with Crippen LogP contribution >= 0.6 is 0 Å². The monoisotopic (exact) mass is 573 g/mol. The summed E-state index contributed by atoms with van der Waals surface area (Å²) in [6, 6.07) is 36.6. The zero-order chi connectivity index (χ0) is 29.9. The molecular weight excluding hydrogens is 541 g/mol. The number of nitrogens with one attached hydrogen (secondary N) is 1. The normalized spacial score (nSPS) is 10.9. The largest absolute Gasteiger partial charge is 0.507 e. The van der Waals surface area contributed by atoms with Crippen molar-refractivity contribution in [3.63, 3.8) is 0 Å². The van der Waals surface area contributed by atoms with Crippen LogP contribution in [0.15, 0.2) is 121 Å². The van der Waals surface area contributed by atoms with Gasteiger partial charge in [0.05, 0.1) is 5.56 Å². The Hall–Kier alpha value is -5.36. The number of phenols is 1. The van der Waals surface area contributed by atoms with Crippen LogP contribution in [-0.2, 0) is 19.6 Å². The van der Waals surface area contributed by atoms with Crippen molar-refractivity contribution in [1.82, 2.24) is 5.32 Å². The maximum atomic E-state index is 13.1. The highest BCUT2D eigenvalue weighted by Gasteiger charge is 2.12. The minimum absolute atomic E-state index is 0.111. The minimum Gasteiger partial charge on any atom is -0.507 e. The second-order valence-corrected chi connectivity index (χ2v) is 9.99. The summed E-state index contributed by atoms with van der Waals surface area (Å²) in [4.78, 5) is 12.9. The highest BCUT2D eigenvalue weighted by molar-refractivity contribution is 5.97. The maximum Gasteiger partial charge on any atom is 0.255 e. The number of phenolic OH excluding ortho intramolecular Hbond substituents is 1. The fourth-order valence-electron chi connectivity index (χ4n) is 4.45. The van der Waals surface area contributed by atoms with Gasteiger partial charge in [0, 0.05) is 12.1 Å². The van der Waals surface area contributed by atoms with Crippen LogP contribution in [0, 0.1) is 5.82 Å². The first-order valence-corrected chi connectivity index (χ1v) is 14.0. The van der Waals surface area contributed by atoms with E-state index in [-0.39, 0.29) is 17.1 Å². The number of ether oxygens (including phenoxy) is 2. The first-order chi connectivity index (χ1) is 21.0. The van der Waals surface area contributed by atoms with Gasteiger partial charge in [-0.05, 0) is 71.1 Å². The zero-order valence-electron chi connectivity index (χ0n) is 23.6. The third-order valence-corrected chi connectivity index (χ3v) is 6.80. The summed E-state index contributed by atoms with van der Waals surface area (Å²) in [5.74, 6) is 0.578. The summed E-state index contributed by atoms with van der Waals surface area (Å²) in [5, 5.41) is 13.2. The Morgan fingerprint density at radius 3 is 2.09 bits per heavy atom. The van der Waals surface area contributed by atoms with Crippen LogP contribution in [0.1, 0.15) is 38.2 Å². The predicted octanol–water partition coefficient (Wildman–Crippen LogP) is 7.83. The first kappa shape index (κ1) is 29.1. The fraction of sp³-hybridized carbons (Fsp3) is 0.108. The van der Waals surface area contributed by atoms with Gasteiger partial charge in [-0.3, -0.25) is 4.79 Å². The molecule has 0 spiro atoms. The lowest BCUT2D eigenvalue weighted by Gasteiger charge is -2.13. The highest BCUT2D eigenvalue weighted by Crippen LogP contribution is 2.28. The van der Waals surface area contributed by atoms with E-state index in [2.05, 4.69) is 5.32 Å². The molecule has 0 saturated heterocycles. The third-order valence-electron chi connectivity index (χ3n) is 6.80. The van der Waals surface area contributed by atoms with Gasteiger partial charge >= 0.3 is 0 Å². The van der Waals surface area contributed by atoms with Crippen molar-refractivity contribution in [2.45, 2.75) is 19.6 Å². The number of halogens is 1. The van der Waals surface area contributed by atoms with Gasteiger partial charge in [0.15, 0.2) is 0 Å². The number of aromatic hydroxyl groups is 1. The highest BCUT2D eigenvalue weighted by atomic mass is 19.1. The van der Waals surface area contributed by atoms with Gasteiger partial charge in [-0.25, -0.2) is 4.39 Å². The molecule has 0 aliphatic rings. The number of carbonyl (C=O) groups is 1. The Morgan fingerprint density at radius 2 is 1.40 bits per heavy atom. The Kier molecular flexibility index (Phi) is 9.83. The molecule has 43 heavy (non-hydrogen) atoms. The van der Waals surface area contributed by atoms with E-state index in [4.69, 9.17) is 9.47 Å². The molecular formula is C37H32FNO4. The lowest BCUT2D eigenvalue weighted by atomic mass is 10.1. The number of hydrogen-bond donors (Lipinski definition) is 2. The Morgan fingerprint density at radius 1 is 0.721 bits per heavy atom. The fourth-order valence-corrected chi connectivity index (χ4v) is 4.45. The maximum absolute atomic E-state index is 13.1. The molecule has 0 radical (unpaired) electrons. The average molecular weight is 574 g/mol. The van der Waals surface area contributed by atoms with Crippen LogP contribution in [-0.4, -0.2) is 17.6 Å². The minimum atomic E-state index is -0.391. The predicted molar refractivity (Wildman–Crippen MR) is 167 cm³/mol. The average Bonchev–Trinajstić information content (AvgIpc) is 3.04. The molecule has 0 aliphatic carbocycles. The number of rotatable bonds is 12. The van der Waals surface area contributed by atoms with E-state index >= 15 is 0 Å². The van der Waals surface area contributed by atoms with Gasteiger partial charge in [-0.1, -0.05) is 91.0 Å². The molecule has 0 aliphatic heterocycles. The molecule has 0 saturated carbocycles. The summed E-state index contributed by atoms with van der Waals surface area (Å²) in [5.41, 5.74) is 4.72. The first-order valence-electron chi connectivity index (χ1n) is 14.0. The van der Waals surface area contributed by atoms with Gasteiger partial charge in [0.1, 0.15) is 36.3 Å². The summed E-state index contributed by atoms with van der Waals surface area (Å²) in [6.07, 6.45) is 4.31. The molecule has 0 unspecified atom stereocenters. The quantitative estimate of drug-likeness (QED) is 0.149. The van der Waals surface area contributed by atoms with Crippen molar-refractivity contribution in [2.24, 2.45) is 0 Å². The standard InChI is InChI=1S/C37H32FNO4/c38-32-16-12-27(13-17-32)21-22-39-37(41)34-23-28(14-19-35(34)40)11-15-31-24-33(42-25-29-7-3-1-4-8-29)18-20-36(31)43-26-30-9-5-2-6-10-30/h1-20,23-24,40H,21-22,25-26H2,(H,39,41)/b15-11+. The van der Waals surface area contributed by atoms with E-state index in [0.717, 1.165) is 27.8 Å². The van der Waals surface area contributed by atoms with Gasteiger partial charge in [0.25, 0.3) is 5.91 Å². The van der Waals surface area contributed by atoms with Crippen LogP contribution in [0.25, 0.3) is 12.2 Å². The van der Waals surface area contributed by atoms with E-state index in [1.165, 1.54) is 18.2 Å². The number of amides is 1. The van der Waals surface area contributed by atoms with Crippen LogP contribution in [0.5, 0.6) is 17.2 Å². The summed E-state index contributed by atoms with van der Waals surface area (Å²) >= 11 is 0. The van der Waals surface area contributed by atoms with Crippen LogP contribution in [0.2, 0.25) is 0 Å². The van der Waals surface area contributed by atoms with Crippen molar-refractivity contribution < 1.29 is 23.8 Å². The van der Waals surface area contributed by atoms with Crippen LogP contribution < -0.4 is 14.8 Å². The van der Waals surface area contributed by atoms with Crippen molar-refractivity contribution in [1.29, 1.82) is 0 Å². The van der Waals surface area contributed by atoms with Crippen LogP contribution in [0.3, 0.4) is 0 Å². The SMILES string of the molecule is O=C(NCCc1ccc(F)cc1)c1cc(/C=C/c2cc(OCc3ccccc3)ccc2OCc2ccccc2)ccc1O. The molecule has 6 heteroatoms. The van der Waals surface area contributed by atoms with Crippen LogP contribution in [0.4, 0.5) is 4.39 Å². The van der Waals surface area contributed by atoms with E-state index in [1.807, 2.05) is 91.0 Å². The molecule has 5 aromatic carbocycles. The molecule has 5 rings (SSSR count). The summed E-state index contributed by atoms with van der Waals surface area (Å²) in [7, 11) is 0. The number of carbonyl (C=O) groups excluding carboxylic acids is 1. The molecule has 0 aromatic heterocycles. The second-order valence-electron chi connectivity index (χ2n) is 9.99. The lowest BCUT2D eigenvalue weighted by Crippen LogP contribution is -2.25. The summed E-state index contributed by atoms with van der Waals surface area (Å²) in [6.45, 7) is 1.20. The van der Waals surface area contributed by atoms with Crippen molar-refractivity contribution in [3.8, 4) is 17.2 Å². The Bertz CT molecular complexity index is 1670. The van der Waals surface area contributed by atoms with Gasteiger partial charge in [0.2, 0.25) is 0 Å². The van der Waals surface area contributed by atoms with Gasteiger partial charge in [-0.15, -0.1) is 0 Å². The van der Waals surface area contributed by atoms with E-state index in [0.29, 0.717) is 37.7 Å². The second kappa shape index (κ2) is 14.5. The molecule has 216 valence electrons. The molecule has 2 N–H and O–H groups in total. The molecule has 5 nitrogen and oxygen atoms in total.